The van der Waals surface area contributed by atoms with Gasteiger partial charge in [0.15, 0.2) is 5.11 Å². The van der Waals surface area contributed by atoms with E-state index in [1.165, 1.54) is 28.2 Å². The number of thiocarbonyl (C=S) groups is 1. The summed E-state index contributed by atoms with van der Waals surface area (Å²) >= 11 is 5.88. The topological polar surface area (TPSA) is 36.3 Å². The molecule has 4 aromatic rings. The molecule has 1 saturated heterocycles. The Morgan fingerprint density at radius 1 is 0.943 bits per heavy atom. The fourth-order valence-electron chi connectivity index (χ4n) is 5.08. The molecule has 0 amide bonds. The summed E-state index contributed by atoms with van der Waals surface area (Å²) < 4.78 is 2.34. The SMILES string of the molecule is Cc1cc([C@H]2[C@H](c3ccccn3)NC(=S)N2Cc2ccccc2)c(C)n1-c1ccc(N(C)C)cc1. The third-order valence-corrected chi connectivity index (χ3v) is 7.16. The average Bonchev–Trinajstić information content (AvgIpc) is 3.35. The number of nitrogens with zero attached hydrogens (tertiary/aromatic N) is 4. The summed E-state index contributed by atoms with van der Waals surface area (Å²) in [5.74, 6) is 0. The van der Waals surface area contributed by atoms with Crippen LogP contribution in [-0.2, 0) is 6.54 Å². The molecule has 0 radical (unpaired) electrons. The standard InChI is InChI=1S/C29H31N5S/c1-20-18-25(21(2)34(20)24-15-13-23(14-16-24)32(3)4)28-27(26-12-8-9-17-30-26)31-29(35)33(28)19-22-10-6-5-7-11-22/h5-18,27-28H,19H2,1-4H3,(H,31,35)/t27-,28-/m0/s1. The number of hydrogen-bond donors (Lipinski definition) is 1. The summed E-state index contributed by atoms with van der Waals surface area (Å²) in [4.78, 5) is 9.13. The number of rotatable bonds is 6. The van der Waals surface area contributed by atoms with Gasteiger partial charge < -0.3 is 19.7 Å². The van der Waals surface area contributed by atoms with Crippen molar-refractivity contribution in [2.24, 2.45) is 0 Å². The molecule has 0 saturated carbocycles. The van der Waals surface area contributed by atoms with E-state index in [0.717, 1.165) is 23.0 Å². The van der Waals surface area contributed by atoms with Crippen molar-refractivity contribution >= 4 is 23.0 Å². The number of benzene rings is 2. The fraction of sp³-hybridized carbons (Fsp3) is 0.241. The van der Waals surface area contributed by atoms with Gasteiger partial charge in [0.1, 0.15) is 0 Å². The van der Waals surface area contributed by atoms with Crippen LogP contribution in [0.5, 0.6) is 0 Å². The quantitative estimate of drug-likeness (QED) is 0.356. The predicted molar refractivity (Wildman–Crippen MR) is 147 cm³/mol. The number of anilines is 1. The molecule has 1 aliphatic heterocycles. The summed E-state index contributed by atoms with van der Waals surface area (Å²) in [7, 11) is 4.13. The third-order valence-electron chi connectivity index (χ3n) is 6.81. The first-order chi connectivity index (χ1) is 16.9. The molecule has 6 heteroatoms. The molecule has 35 heavy (non-hydrogen) atoms. The maximum atomic E-state index is 5.88. The number of nitrogens with one attached hydrogen (secondary N) is 1. The zero-order valence-corrected chi connectivity index (χ0v) is 21.5. The molecule has 5 nitrogen and oxygen atoms in total. The van der Waals surface area contributed by atoms with Gasteiger partial charge in [0.2, 0.25) is 0 Å². The Morgan fingerprint density at radius 2 is 1.66 bits per heavy atom. The number of pyridine rings is 1. The van der Waals surface area contributed by atoms with Crippen molar-refractivity contribution in [3.8, 4) is 5.69 Å². The van der Waals surface area contributed by atoms with Crippen molar-refractivity contribution in [2.45, 2.75) is 32.5 Å². The van der Waals surface area contributed by atoms with Crippen LogP contribution in [0.1, 0.15) is 40.3 Å². The molecule has 178 valence electrons. The summed E-state index contributed by atoms with van der Waals surface area (Å²) in [6.45, 7) is 5.12. The highest BCUT2D eigenvalue weighted by Crippen LogP contribution is 2.42. The van der Waals surface area contributed by atoms with E-state index in [2.05, 4.69) is 108 Å². The van der Waals surface area contributed by atoms with E-state index < -0.39 is 0 Å². The first kappa shape index (κ1) is 23.1. The van der Waals surface area contributed by atoms with Gasteiger partial charge in [-0.3, -0.25) is 4.98 Å². The van der Waals surface area contributed by atoms with E-state index in [4.69, 9.17) is 17.2 Å². The van der Waals surface area contributed by atoms with Crippen LogP contribution in [0.4, 0.5) is 5.69 Å². The minimum atomic E-state index is -0.0301. The van der Waals surface area contributed by atoms with Gasteiger partial charge in [0.05, 0.1) is 17.8 Å². The molecule has 0 unspecified atom stereocenters. The molecule has 0 spiro atoms. The molecule has 2 aromatic heterocycles. The number of hydrogen-bond acceptors (Lipinski definition) is 3. The van der Waals surface area contributed by atoms with Gasteiger partial charge in [-0.15, -0.1) is 0 Å². The Morgan fingerprint density at radius 3 is 2.31 bits per heavy atom. The Balaban J connectivity index is 1.59. The average molecular weight is 482 g/mol. The van der Waals surface area contributed by atoms with Crippen LogP contribution in [0.25, 0.3) is 5.69 Å². The van der Waals surface area contributed by atoms with Gasteiger partial charge in [0.25, 0.3) is 0 Å². The molecule has 1 N–H and O–H groups in total. The van der Waals surface area contributed by atoms with Crippen LogP contribution in [-0.4, -0.2) is 33.7 Å². The Hall–Kier alpha value is -3.64. The van der Waals surface area contributed by atoms with E-state index >= 15 is 0 Å². The van der Waals surface area contributed by atoms with Gasteiger partial charge >= 0.3 is 0 Å². The van der Waals surface area contributed by atoms with Crippen molar-refractivity contribution in [3.05, 3.63) is 113 Å². The molecule has 1 fully saturated rings. The molecule has 2 aromatic carbocycles. The predicted octanol–water partition coefficient (Wildman–Crippen LogP) is 5.73. The van der Waals surface area contributed by atoms with E-state index in [1.807, 2.05) is 24.4 Å². The van der Waals surface area contributed by atoms with Crippen LogP contribution in [0, 0.1) is 13.8 Å². The normalized spacial score (nSPS) is 17.5. The van der Waals surface area contributed by atoms with Crippen LogP contribution in [0.15, 0.2) is 85.1 Å². The zero-order chi connectivity index (χ0) is 24.5. The maximum Gasteiger partial charge on any atom is 0.170 e. The summed E-state index contributed by atoms with van der Waals surface area (Å²) in [5.41, 5.74) is 8.26. The number of aryl methyl sites for hydroxylation is 1. The van der Waals surface area contributed by atoms with Crippen molar-refractivity contribution in [1.29, 1.82) is 0 Å². The third kappa shape index (κ3) is 4.42. The number of aromatic nitrogens is 2. The van der Waals surface area contributed by atoms with Crippen LogP contribution >= 0.6 is 12.2 Å². The van der Waals surface area contributed by atoms with Gasteiger partial charge in [-0.2, -0.15) is 0 Å². The minimum absolute atomic E-state index is 0.0265. The lowest BCUT2D eigenvalue weighted by molar-refractivity contribution is 0.310. The Kier molecular flexibility index (Phi) is 6.31. The molecule has 2 atom stereocenters. The van der Waals surface area contributed by atoms with Gasteiger partial charge in [-0.1, -0.05) is 36.4 Å². The summed E-state index contributed by atoms with van der Waals surface area (Å²) in [6, 6.07) is 27.6. The second-order valence-electron chi connectivity index (χ2n) is 9.31. The van der Waals surface area contributed by atoms with Gasteiger partial charge in [-0.25, -0.2) is 0 Å². The zero-order valence-electron chi connectivity index (χ0n) is 20.6. The van der Waals surface area contributed by atoms with E-state index in [1.54, 1.807) is 0 Å². The summed E-state index contributed by atoms with van der Waals surface area (Å²) in [5, 5.41) is 4.34. The van der Waals surface area contributed by atoms with Crippen molar-refractivity contribution in [2.75, 3.05) is 19.0 Å². The molecular weight excluding hydrogens is 450 g/mol. The lowest BCUT2D eigenvalue weighted by atomic mass is 9.96. The Labute approximate surface area is 213 Å². The van der Waals surface area contributed by atoms with Crippen molar-refractivity contribution < 1.29 is 0 Å². The highest BCUT2D eigenvalue weighted by molar-refractivity contribution is 7.80. The van der Waals surface area contributed by atoms with Crippen LogP contribution in [0.2, 0.25) is 0 Å². The maximum absolute atomic E-state index is 5.88. The first-order valence-corrected chi connectivity index (χ1v) is 12.3. The lowest BCUT2D eigenvalue weighted by Crippen LogP contribution is -2.29. The fourth-order valence-corrected chi connectivity index (χ4v) is 5.38. The second-order valence-corrected chi connectivity index (χ2v) is 9.70. The highest BCUT2D eigenvalue weighted by Gasteiger charge is 2.41. The molecular formula is C29H31N5S. The smallest absolute Gasteiger partial charge is 0.170 e. The molecule has 1 aliphatic rings. The van der Waals surface area contributed by atoms with Crippen molar-refractivity contribution in [3.63, 3.8) is 0 Å². The molecule has 5 rings (SSSR count). The van der Waals surface area contributed by atoms with Crippen LogP contribution in [0.3, 0.4) is 0 Å². The van der Waals surface area contributed by atoms with E-state index in [9.17, 15) is 0 Å². The lowest BCUT2D eigenvalue weighted by Gasteiger charge is -2.28. The first-order valence-electron chi connectivity index (χ1n) is 11.9. The van der Waals surface area contributed by atoms with E-state index in [0.29, 0.717) is 0 Å². The monoisotopic (exact) mass is 481 g/mol. The summed E-state index contributed by atoms with van der Waals surface area (Å²) in [6.07, 6.45) is 1.85. The molecule has 0 aliphatic carbocycles. The highest BCUT2D eigenvalue weighted by atomic mass is 32.1. The minimum Gasteiger partial charge on any atom is -0.378 e. The Bertz CT molecular complexity index is 1310. The van der Waals surface area contributed by atoms with Gasteiger partial charge in [0, 0.05) is 49.6 Å². The van der Waals surface area contributed by atoms with Crippen LogP contribution < -0.4 is 10.2 Å². The van der Waals surface area contributed by atoms with Gasteiger partial charge in [-0.05, 0) is 79.7 Å². The molecule has 3 heterocycles. The second kappa shape index (κ2) is 9.55. The van der Waals surface area contributed by atoms with E-state index in [-0.39, 0.29) is 12.1 Å². The molecule has 0 bridgehead atoms. The van der Waals surface area contributed by atoms with Crippen molar-refractivity contribution in [1.82, 2.24) is 19.8 Å². The largest absolute Gasteiger partial charge is 0.378 e.